The molecule has 0 aromatic heterocycles. The first-order valence-electron chi connectivity index (χ1n) is 8.15. The number of nitro groups is 1. The molecule has 1 atom stereocenters. The smallest absolute Gasteiger partial charge is 0.289 e. The largest absolute Gasteiger partial charge is 0.351 e. The van der Waals surface area contributed by atoms with Gasteiger partial charge in [-0.05, 0) is 13.0 Å². The molecular weight excluding hydrogens is 360 g/mol. The van der Waals surface area contributed by atoms with E-state index in [1.54, 1.807) is 13.0 Å². The van der Waals surface area contributed by atoms with Crippen molar-refractivity contribution in [2.75, 3.05) is 32.7 Å². The van der Waals surface area contributed by atoms with Crippen LogP contribution in [-0.4, -0.2) is 67.2 Å². The number of carbonyl (C=O) groups excluding carboxylic acids is 1. The molecule has 10 heteroatoms. The van der Waals surface area contributed by atoms with Gasteiger partial charge in [0.15, 0.2) is 4.90 Å². The lowest BCUT2D eigenvalue weighted by molar-refractivity contribution is -0.387. The van der Waals surface area contributed by atoms with E-state index in [9.17, 15) is 23.3 Å². The van der Waals surface area contributed by atoms with E-state index in [4.69, 9.17) is 0 Å². The zero-order valence-corrected chi connectivity index (χ0v) is 15.3. The molecule has 1 aliphatic rings. The van der Waals surface area contributed by atoms with Crippen LogP contribution in [0.3, 0.4) is 0 Å². The Morgan fingerprint density at radius 1 is 1.35 bits per heavy atom. The number of amides is 1. The van der Waals surface area contributed by atoms with Crippen molar-refractivity contribution < 1.29 is 18.1 Å². The second-order valence-electron chi connectivity index (χ2n) is 5.87. The Morgan fingerprint density at radius 2 is 1.96 bits per heavy atom. The van der Waals surface area contributed by atoms with Gasteiger partial charge in [-0.25, -0.2) is 8.42 Å². The third-order valence-electron chi connectivity index (χ3n) is 4.30. The molecule has 0 spiro atoms. The predicted octanol–water partition coefficient (Wildman–Crippen LogP) is 0.592. The van der Waals surface area contributed by atoms with E-state index in [1.807, 2.05) is 4.90 Å². The van der Waals surface area contributed by atoms with Crippen molar-refractivity contribution in [3.63, 3.8) is 0 Å². The molecule has 1 heterocycles. The van der Waals surface area contributed by atoms with Crippen LogP contribution in [-0.2, 0) is 14.8 Å². The average Bonchev–Trinajstić information content (AvgIpc) is 2.65. The molecule has 26 heavy (non-hydrogen) atoms. The molecule has 0 unspecified atom stereocenters. The zero-order valence-electron chi connectivity index (χ0n) is 14.5. The molecule has 0 radical (unpaired) electrons. The molecule has 1 aromatic carbocycles. The Bertz CT molecular complexity index is 788. The van der Waals surface area contributed by atoms with E-state index in [0.29, 0.717) is 19.6 Å². The Labute approximate surface area is 152 Å². The van der Waals surface area contributed by atoms with Crippen LogP contribution >= 0.6 is 0 Å². The van der Waals surface area contributed by atoms with Crippen LogP contribution in [0, 0.1) is 10.1 Å². The van der Waals surface area contributed by atoms with Gasteiger partial charge >= 0.3 is 0 Å². The minimum atomic E-state index is -3.97. The monoisotopic (exact) mass is 382 g/mol. The van der Waals surface area contributed by atoms with Crippen molar-refractivity contribution in [2.45, 2.75) is 17.9 Å². The molecule has 142 valence electrons. The van der Waals surface area contributed by atoms with Crippen molar-refractivity contribution in [2.24, 2.45) is 0 Å². The fraction of sp³-hybridized carbons (Fsp3) is 0.438. The SMILES string of the molecule is C=CCNC(=O)[C@@H](C)N1CCN(S(=O)(=O)c2ccccc2[N+](=O)[O-])CC1. The quantitative estimate of drug-likeness (QED) is 0.420. The molecule has 1 saturated heterocycles. The summed E-state index contributed by atoms with van der Waals surface area (Å²) in [5.41, 5.74) is -0.438. The van der Waals surface area contributed by atoms with Crippen molar-refractivity contribution in [1.29, 1.82) is 0 Å². The highest BCUT2D eigenvalue weighted by atomic mass is 32.2. The number of rotatable bonds is 7. The van der Waals surface area contributed by atoms with Crippen LogP contribution in [0.2, 0.25) is 0 Å². The number of carbonyl (C=O) groups is 1. The lowest BCUT2D eigenvalue weighted by atomic mass is 10.2. The van der Waals surface area contributed by atoms with E-state index in [-0.39, 0.29) is 23.9 Å². The second kappa shape index (κ2) is 8.39. The highest BCUT2D eigenvalue weighted by Gasteiger charge is 2.35. The summed E-state index contributed by atoms with van der Waals surface area (Å²) in [6.45, 7) is 6.71. The summed E-state index contributed by atoms with van der Waals surface area (Å²) >= 11 is 0. The number of nitro benzene ring substituents is 1. The lowest BCUT2D eigenvalue weighted by Gasteiger charge is -2.36. The number of sulfonamides is 1. The van der Waals surface area contributed by atoms with E-state index in [0.717, 1.165) is 0 Å². The van der Waals surface area contributed by atoms with Crippen molar-refractivity contribution in [1.82, 2.24) is 14.5 Å². The van der Waals surface area contributed by atoms with Crippen molar-refractivity contribution in [3.05, 3.63) is 47.0 Å². The van der Waals surface area contributed by atoms with Crippen LogP contribution in [0.4, 0.5) is 5.69 Å². The molecule has 1 aliphatic heterocycles. The topological polar surface area (TPSA) is 113 Å². The summed E-state index contributed by atoms with van der Waals surface area (Å²) in [6, 6.07) is 4.91. The van der Waals surface area contributed by atoms with Gasteiger partial charge < -0.3 is 5.32 Å². The number of nitrogens with zero attached hydrogens (tertiary/aromatic N) is 3. The van der Waals surface area contributed by atoms with Gasteiger partial charge in [0.05, 0.1) is 11.0 Å². The number of nitrogens with one attached hydrogen (secondary N) is 1. The molecule has 2 rings (SSSR count). The van der Waals surface area contributed by atoms with E-state index in [1.165, 1.54) is 28.6 Å². The Balaban J connectivity index is 2.09. The van der Waals surface area contributed by atoms with Crippen LogP contribution in [0.15, 0.2) is 41.8 Å². The molecule has 9 nitrogen and oxygen atoms in total. The molecule has 0 saturated carbocycles. The zero-order chi connectivity index (χ0) is 19.3. The number of benzene rings is 1. The first-order chi connectivity index (χ1) is 12.3. The molecule has 1 N–H and O–H groups in total. The van der Waals surface area contributed by atoms with E-state index in [2.05, 4.69) is 11.9 Å². The highest BCUT2D eigenvalue weighted by molar-refractivity contribution is 7.89. The number of piperazine rings is 1. The number of para-hydroxylation sites is 1. The summed E-state index contributed by atoms with van der Waals surface area (Å²) in [5, 5.41) is 13.8. The Kier molecular flexibility index (Phi) is 6.46. The molecule has 0 bridgehead atoms. The molecule has 1 aromatic rings. The maximum atomic E-state index is 12.8. The third kappa shape index (κ3) is 4.26. The lowest BCUT2D eigenvalue weighted by Crippen LogP contribution is -2.54. The molecule has 1 amide bonds. The number of hydrogen-bond donors (Lipinski definition) is 1. The minimum Gasteiger partial charge on any atom is -0.351 e. The van der Waals surface area contributed by atoms with Crippen LogP contribution in [0.5, 0.6) is 0 Å². The Morgan fingerprint density at radius 3 is 2.54 bits per heavy atom. The summed E-state index contributed by atoms with van der Waals surface area (Å²) in [6.07, 6.45) is 1.59. The van der Waals surface area contributed by atoms with Crippen molar-refractivity contribution in [3.8, 4) is 0 Å². The second-order valence-corrected chi connectivity index (χ2v) is 7.78. The minimum absolute atomic E-state index is 0.153. The van der Waals surface area contributed by atoms with Gasteiger partial charge in [-0.1, -0.05) is 18.2 Å². The molecule has 0 aliphatic carbocycles. The first kappa shape index (κ1) is 20.0. The molecule has 1 fully saturated rings. The van der Waals surface area contributed by atoms with Crippen molar-refractivity contribution >= 4 is 21.6 Å². The first-order valence-corrected chi connectivity index (χ1v) is 9.59. The van der Waals surface area contributed by atoms with Crippen LogP contribution in [0.1, 0.15) is 6.92 Å². The average molecular weight is 382 g/mol. The molecular formula is C16H22N4O5S. The van der Waals surface area contributed by atoms with Gasteiger partial charge in [0, 0.05) is 38.8 Å². The maximum absolute atomic E-state index is 12.8. The fourth-order valence-corrected chi connectivity index (χ4v) is 4.36. The number of hydrogen-bond acceptors (Lipinski definition) is 6. The fourth-order valence-electron chi connectivity index (χ4n) is 2.78. The van der Waals surface area contributed by atoms with Crippen LogP contribution < -0.4 is 5.32 Å². The highest BCUT2D eigenvalue weighted by Crippen LogP contribution is 2.27. The summed E-state index contributed by atoms with van der Waals surface area (Å²) < 4.78 is 26.8. The van der Waals surface area contributed by atoms with Gasteiger partial charge in [-0.3, -0.25) is 19.8 Å². The van der Waals surface area contributed by atoms with Gasteiger partial charge in [0.25, 0.3) is 5.69 Å². The van der Waals surface area contributed by atoms with E-state index < -0.39 is 26.7 Å². The third-order valence-corrected chi connectivity index (χ3v) is 6.25. The van der Waals surface area contributed by atoms with Gasteiger partial charge in [0.2, 0.25) is 15.9 Å². The summed E-state index contributed by atoms with van der Waals surface area (Å²) in [4.78, 5) is 24.0. The van der Waals surface area contributed by atoms with Gasteiger partial charge in [0.1, 0.15) is 0 Å². The standard InChI is InChI=1S/C16H22N4O5S/c1-3-8-17-16(21)13(2)18-9-11-19(12-10-18)26(24,25)15-7-5-4-6-14(15)20(22)23/h3-7,13H,1,8-12H2,2H3,(H,17,21)/t13-/m1/s1. The maximum Gasteiger partial charge on any atom is 0.289 e. The predicted molar refractivity (Wildman–Crippen MR) is 96.1 cm³/mol. The van der Waals surface area contributed by atoms with E-state index >= 15 is 0 Å². The van der Waals surface area contributed by atoms with Gasteiger partial charge in [-0.2, -0.15) is 4.31 Å². The van der Waals surface area contributed by atoms with Gasteiger partial charge in [-0.15, -0.1) is 6.58 Å². The summed E-state index contributed by atoms with van der Waals surface area (Å²) in [5.74, 6) is -0.153. The Hall–Kier alpha value is -2.30. The van der Waals surface area contributed by atoms with Crippen LogP contribution in [0.25, 0.3) is 0 Å². The normalized spacial score (nSPS) is 17.4. The summed E-state index contributed by atoms with van der Waals surface area (Å²) in [7, 11) is -3.97.